The maximum absolute atomic E-state index is 12.7. The number of aromatic nitrogens is 2. The van der Waals surface area contributed by atoms with Gasteiger partial charge in [0.1, 0.15) is 5.75 Å². The number of carbonyl (C=O) groups is 1. The van der Waals surface area contributed by atoms with Gasteiger partial charge in [0.05, 0.1) is 23.0 Å². The van der Waals surface area contributed by atoms with Crippen LogP contribution in [0.3, 0.4) is 0 Å². The number of hydrogen-bond acceptors (Lipinski definition) is 6. The lowest BCUT2D eigenvalue weighted by molar-refractivity contribution is 0.0951. The zero-order valence-electron chi connectivity index (χ0n) is 17.7. The SMILES string of the molecule is COc1ccc(-c2cn3c(n2)sc2cc(C(=O)NCc4ccc5c(c4)OCO5)ccc23)cc1. The Morgan fingerprint density at radius 3 is 2.79 bits per heavy atom. The minimum atomic E-state index is -0.125. The molecule has 3 heterocycles. The van der Waals surface area contributed by atoms with E-state index in [4.69, 9.17) is 19.2 Å². The Hall–Kier alpha value is -4.04. The van der Waals surface area contributed by atoms with Crippen LogP contribution in [0.2, 0.25) is 0 Å². The molecule has 0 saturated heterocycles. The second kappa shape index (κ2) is 7.83. The predicted molar refractivity (Wildman–Crippen MR) is 126 cm³/mol. The molecule has 0 aliphatic carbocycles. The van der Waals surface area contributed by atoms with Crippen LogP contribution in [0.15, 0.2) is 66.9 Å². The molecule has 7 nitrogen and oxygen atoms in total. The van der Waals surface area contributed by atoms with Gasteiger partial charge < -0.3 is 19.5 Å². The lowest BCUT2D eigenvalue weighted by Crippen LogP contribution is -2.22. The molecule has 0 bridgehead atoms. The van der Waals surface area contributed by atoms with Gasteiger partial charge in [0.15, 0.2) is 16.5 Å². The summed E-state index contributed by atoms with van der Waals surface area (Å²) in [6.07, 6.45) is 2.02. The molecule has 2 aromatic heterocycles. The van der Waals surface area contributed by atoms with E-state index in [1.165, 1.54) is 0 Å². The van der Waals surface area contributed by atoms with Crippen molar-refractivity contribution >= 4 is 32.4 Å². The Bertz CT molecular complexity index is 1500. The summed E-state index contributed by atoms with van der Waals surface area (Å²) in [6, 6.07) is 19.2. The third-order valence-corrected chi connectivity index (χ3v) is 6.65. The third-order valence-electron chi connectivity index (χ3n) is 5.63. The fourth-order valence-corrected chi connectivity index (χ4v) is 4.93. The van der Waals surface area contributed by atoms with Crippen molar-refractivity contribution in [2.75, 3.05) is 13.9 Å². The molecule has 1 aliphatic heterocycles. The monoisotopic (exact) mass is 457 g/mol. The second-order valence-corrected chi connectivity index (χ2v) is 8.67. The first-order chi connectivity index (χ1) is 16.2. The van der Waals surface area contributed by atoms with Crippen molar-refractivity contribution in [2.45, 2.75) is 6.54 Å². The molecular weight excluding hydrogens is 438 g/mol. The van der Waals surface area contributed by atoms with Gasteiger partial charge in [-0.25, -0.2) is 4.98 Å². The molecule has 5 aromatic rings. The van der Waals surface area contributed by atoms with Gasteiger partial charge in [0, 0.05) is 23.9 Å². The lowest BCUT2D eigenvalue weighted by Gasteiger charge is -2.06. The fraction of sp³-hybridized carbons (Fsp3) is 0.120. The van der Waals surface area contributed by atoms with Crippen LogP contribution in [0.1, 0.15) is 15.9 Å². The van der Waals surface area contributed by atoms with Crippen molar-refractivity contribution in [2.24, 2.45) is 0 Å². The van der Waals surface area contributed by atoms with Crippen molar-refractivity contribution in [1.29, 1.82) is 0 Å². The van der Waals surface area contributed by atoms with Crippen molar-refractivity contribution in [3.8, 4) is 28.5 Å². The number of nitrogens with zero attached hydrogens (tertiary/aromatic N) is 2. The lowest BCUT2D eigenvalue weighted by atomic mass is 10.1. The summed E-state index contributed by atoms with van der Waals surface area (Å²) in [7, 11) is 1.65. The highest BCUT2D eigenvalue weighted by molar-refractivity contribution is 7.23. The first kappa shape index (κ1) is 19.6. The highest BCUT2D eigenvalue weighted by atomic mass is 32.1. The summed E-state index contributed by atoms with van der Waals surface area (Å²) in [5, 5.41) is 2.98. The van der Waals surface area contributed by atoms with Gasteiger partial charge in [-0.15, -0.1) is 0 Å². The minimum Gasteiger partial charge on any atom is -0.497 e. The van der Waals surface area contributed by atoms with E-state index in [0.29, 0.717) is 17.9 Å². The molecule has 8 heteroatoms. The first-order valence-corrected chi connectivity index (χ1v) is 11.2. The Kier molecular flexibility index (Phi) is 4.66. The van der Waals surface area contributed by atoms with E-state index in [-0.39, 0.29) is 12.7 Å². The summed E-state index contributed by atoms with van der Waals surface area (Å²) < 4.78 is 19.0. The summed E-state index contributed by atoms with van der Waals surface area (Å²) >= 11 is 1.56. The number of ether oxygens (including phenoxy) is 3. The molecular formula is C25H19N3O4S. The van der Waals surface area contributed by atoms with Gasteiger partial charge in [-0.3, -0.25) is 9.20 Å². The summed E-state index contributed by atoms with van der Waals surface area (Å²) in [5.74, 6) is 2.13. The van der Waals surface area contributed by atoms with E-state index in [9.17, 15) is 4.79 Å². The molecule has 0 fully saturated rings. The number of nitrogens with one attached hydrogen (secondary N) is 1. The highest BCUT2D eigenvalue weighted by Gasteiger charge is 2.15. The second-order valence-electron chi connectivity index (χ2n) is 7.66. The van der Waals surface area contributed by atoms with E-state index < -0.39 is 0 Å². The predicted octanol–water partition coefficient (Wildman–Crippen LogP) is 4.88. The largest absolute Gasteiger partial charge is 0.497 e. The molecule has 1 N–H and O–H groups in total. The maximum Gasteiger partial charge on any atom is 0.251 e. The Morgan fingerprint density at radius 1 is 1.09 bits per heavy atom. The van der Waals surface area contributed by atoms with Crippen LogP contribution in [-0.4, -0.2) is 29.2 Å². The van der Waals surface area contributed by atoms with Crippen LogP contribution in [0.4, 0.5) is 0 Å². The van der Waals surface area contributed by atoms with Crippen LogP contribution < -0.4 is 19.5 Å². The molecule has 0 atom stereocenters. The molecule has 33 heavy (non-hydrogen) atoms. The first-order valence-electron chi connectivity index (χ1n) is 10.4. The van der Waals surface area contributed by atoms with Gasteiger partial charge in [-0.05, 0) is 60.2 Å². The van der Waals surface area contributed by atoms with E-state index in [1.54, 1.807) is 18.4 Å². The van der Waals surface area contributed by atoms with Crippen molar-refractivity contribution in [1.82, 2.24) is 14.7 Å². The maximum atomic E-state index is 12.7. The molecule has 6 rings (SSSR count). The van der Waals surface area contributed by atoms with Gasteiger partial charge in [0.2, 0.25) is 6.79 Å². The van der Waals surface area contributed by atoms with Gasteiger partial charge >= 0.3 is 0 Å². The topological polar surface area (TPSA) is 74.1 Å². The van der Waals surface area contributed by atoms with Crippen molar-refractivity contribution in [3.63, 3.8) is 0 Å². The molecule has 1 aliphatic rings. The summed E-state index contributed by atoms with van der Waals surface area (Å²) in [5.41, 5.74) is 4.52. The summed E-state index contributed by atoms with van der Waals surface area (Å²) in [4.78, 5) is 18.4. The Morgan fingerprint density at radius 2 is 1.94 bits per heavy atom. The standard InChI is InChI=1S/C25H19N3O4S/c1-30-18-6-3-16(4-7-18)19-13-28-20-8-5-17(11-23(20)33-25(28)27-19)24(29)26-12-15-2-9-21-22(10-15)32-14-31-21/h2-11,13H,12,14H2,1H3,(H,26,29). The molecule has 0 saturated carbocycles. The van der Waals surface area contributed by atoms with E-state index in [2.05, 4.69) is 9.72 Å². The number of thiazole rings is 1. The number of methoxy groups -OCH3 is 1. The Labute approximate surface area is 193 Å². The van der Waals surface area contributed by atoms with Crippen LogP contribution >= 0.6 is 11.3 Å². The van der Waals surface area contributed by atoms with Crippen LogP contribution in [0.25, 0.3) is 26.4 Å². The number of imidazole rings is 1. The van der Waals surface area contributed by atoms with Crippen LogP contribution in [0, 0.1) is 0 Å². The van der Waals surface area contributed by atoms with Crippen LogP contribution in [-0.2, 0) is 6.54 Å². The average Bonchev–Trinajstić information content (AvgIpc) is 3.56. The number of fused-ring (bicyclic) bond motifs is 4. The van der Waals surface area contributed by atoms with Crippen molar-refractivity contribution < 1.29 is 19.0 Å². The number of hydrogen-bond donors (Lipinski definition) is 1. The Balaban J connectivity index is 1.22. The molecule has 0 unspecified atom stereocenters. The number of carbonyl (C=O) groups excluding carboxylic acids is 1. The fourth-order valence-electron chi connectivity index (χ4n) is 3.88. The quantitative estimate of drug-likeness (QED) is 0.407. The molecule has 164 valence electrons. The molecule has 0 radical (unpaired) electrons. The van der Waals surface area contributed by atoms with E-state index in [1.807, 2.05) is 66.9 Å². The number of amides is 1. The van der Waals surface area contributed by atoms with Crippen LogP contribution in [0.5, 0.6) is 17.2 Å². The zero-order valence-corrected chi connectivity index (χ0v) is 18.5. The van der Waals surface area contributed by atoms with E-state index >= 15 is 0 Å². The van der Waals surface area contributed by atoms with Gasteiger partial charge in [-0.2, -0.15) is 0 Å². The van der Waals surface area contributed by atoms with E-state index in [0.717, 1.165) is 43.5 Å². The average molecular weight is 458 g/mol. The molecule has 1 amide bonds. The van der Waals surface area contributed by atoms with Crippen molar-refractivity contribution in [3.05, 3.63) is 78.0 Å². The smallest absolute Gasteiger partial charge is 0.251 e. The normalized spacial score (nSPS) is 12.4. The third kappa shape index (κ3) is 3.54. The molecule has 0 spiro atoms. The number of rotatable bonds is 5. The molecule has 3 aromatic carbocycles. The summed E-state index contributed by atoms with van der Waals surface area (Å²) in [6.45, 7) is 0.642. The minimum absolute atomic E-state index is 0.125. The highest BCUT2D eigenvalue weighted by Crippen LogP contribution is 2.33. The van der Waals surface area contributed by atoms with Gasteiger partial charge in [0.25, 0.3) is 5.91 Å². The zero-order chi connectivity index (χ0) is 22.4. The number of benzene rings is 3. The van der Waals surface area contributed by atoms with Gasteiger partial charge in [-0.1, -0.05) is 17.4 Å².